The van der Waals surface area contributed by atoms with E-state index in [1.165, 1.54) is 6.26 Å². The van der Waals surface area contributed by atoms with Crippen LogP contribution in [0, 0.1) is 27.7 Å². The minimum absolute atomic E-state index is 0.320. The second kappa shape index (κ2) is 7.77. The minimum atomic E-state index is -1.94. The van der Waals surface area contributed by atoms with Gasteiger partial charge in [0.1, 0.15) is 5.76 Å². The van der Waals surface area contributed by atoms with E-state index in [4.69, 9.17) is 4.42 Å². The monoisotopic (exact) mass is 481 g/mol. The molecule has 1 atom stereocenters. The number of amides is 1. The lowest BCUT2D eigenvalue weighted by Crippen LogP contribution is -2.41. The van der Waals surface area contributed by atoms with Gasteiger partial charge in [-0.3, -0.25) is 9.59 Å². The fourth-order valence-corrected chi connectivity index (χ4v) is 4.66. The summed E-state index contributed by atoms with van der Waals surface area (Å²) in [5, 5.41) is 11.6. The van der Waals surface area contributed by atoms with Crippen LogP contribution in [0.4, 0.5) is 5.69 Å². The number of benzene rings is 2. The Labute approximate surface area is 189 Å². The number of fused-ring (bicyclic) bond motifs is 1. The number of aliphatic hydroxyl groups is 1. The van der Waals surface area contributed by atoms with Gasteiger partial charge in [-0.1, -0.05) is 39.7 Å². The molecule has 1 aliphatic rings. The van der Waals surface area contributed by atoms with Gasteiger partial charge in [0.25, 0.3) is 5.91 Å². The van der Waals surface area contributed by atoms with Crippen LogP contribution < -0.4 is 4.90 Å². The van der Waals surface area contributed by atoms with E-state index in [2.05, 4.69) is 15.9 Å². The van der Waals surface area contributed by atoms with Gasteiger partial charge in [-0.25, -0.2) is 0 Å². The number of carbonyl (C=O) groups excluding carboxylic acids is 2. The zero-order valence-corrected chi connectivity index (χ0v) is 19.5. The predicted octanol–water partition coefficient (Wildman–Crippen LogP) is 5.28. The molecule has 31 heavy (non-hydrogen) atoms. The first kappa shape index (κ1) is 21.5. The molecule has 0 unspecified atom stereocenters. The summed E-state index contributed by atoms with van der Waals surface area (Å²) in [7, 11) is 0. The van der Waals surface area contributed by atoms with Gasteiger partial charge in [0, 0.05) is 10.0 Å². The average Bonchev–Trinajstić information content (AvgIpc) is 3.14. The van der Waals surface area contributed by atoms with Crippen LogP contribution in [0.1, 0.15) is 50.4 Å². The molecule has 2 heterocycles. The van der Waals surface area contributed by atoms with Crippen LogP contribution in [-0.2, 0) is 16.9 Å². The van der Waals surface area contributed by atoms with E-state index in [-0.39, 0.29) is 12.2 Å². The molecule has 0 radical (unpaired) electrons. The second-order valence-corrected chi connectivity index (χ2v) is 9.21. The second-order valence-electron chi connectivity index (χ2n) is 8.29. The highest BCUT2D eigenvalue weighted by Gasteiger charge is 2.51. The van der Waals surface area contributed by atoms with Gasteiger partial charge in [0.2, 0.25) is 0 Å². The van der Waals surface area contributed by atoms with Crippen molar-refractivity contribution in [3.8, 4) is 0 Å². The van der Waals surface area contributed by atoms with E-state index in [9.17, 15) is 14.7 Å². The number of halogens is 1. The quantitative estimate of drug-likeness (QED) is 0.503. The third kappa shape index (κ3) is 3.64. The molecule has 4 rings (SSSR count). The van der Waals surface area contributed by atoms with E-state index < -0.39 is 11.5 Å². The molecule has 0 spiro atoms. The van der Waals surface area contributed by atoms with Gasteiger partial charge in [-0.05, 0) is 62.6 Å². The normalized spacial score (nSPS) is 17.9. The topological polar surface area (TPSA) is 70.8 Å². The molecule has 160 valence electrons. The Morgan fingerprint density at radius 1 is 1.10 bits per heavy atom. The highest BCUT2D eigenvalue weighted by atomic mass is 79.9. The Balaban J connectivity index is 1.76. The Morgan fingerprint density at radius 2 is 1.84 bits per heavy atom. The van der Waals surface area contributed by atoms with Gasteiger partial charge >= 0.3 is 0 Å². The van der Waals surface area contributed by atoms with E-state index in [0.29, 0.717) is 34.7 Å². The van der Waals surface area contributed by atoms with Crippen LogP contribution in [0.15, 0.2) is 51.6 Å². The lowest BCUT2D eigenvalue weighted by molar-refractivity contribution is -0.136. The summed E-state index contributed by atoms with van der Waals surface area (Å²) < 4.78 is 6.08. The number of nitrogens with zero attached hydrogens (tertiary/aromatic N) is 1. The number of anilines is 1. The summed E-state index contributed by atoms with van der Waals surface area (Å²) in [4.78, 5) is 28.2. The molecule has 0 aliphatic carbocycles. The number of furan rings is 1. The fraction of sp³-hybridized carbons (Fsp3) is 0.280. The summed E-state index contributed by atoms with van der Waals surface area (Å²) in [5.41, 5.74) is 3.38. The van der Waals surface area contributed by atoms with Crippen molar-refractivity contribution in [1.29, 1.82) is 0 Å². The number of carbonyl (C=O) groups is 2. The molecule has 2 aromatic carbocycles. The van der Waals surface area contributed by atoms with E-state index in [0.717, 1.165) is 21.2 Å². The van der Waals surface area contributed by atoms with Crippen molar-refractivity contribution >= 4 is 33.3 Å². The van der Waals surface area contributed by atoms with Gasteiger partial charge in [-0.15, -0.1) is 0 Å². The van der Waals surface area contributed by atoms with Crippen molar-refractivity contribution in [2.75, 3.05) is 4.90 Å². The number of aryl methyl sites for hydroxylation is 4. The van der Waals surface area contributed by atoms with E-state index in [1.54, 1.807) is 30.9 Å². The summed E-state index contributed by atoms with van der Waals surface area (Å²) in [6.07, 6.45) is 1.17. The molecule has 1 amide bonds. The van der Waals surface area contributed by atoms with Crippen molar-refractivity contribution in [1.82, 2.24) is 0 Å². The molecule has 0 fully saturated rings. The number of hydrogen-bond acceptors (Lipinski definition) is 4. The Morgan fingerprint density at radius 3 is 2.52 bits per heavy atom. The Kier molecular flexibility index (Phi) is 5.40. The SMILES string of the molecule is Cc1ccc(C)c(CN2C(=O)[C@@](O)(CC(=O)c3c(C)coc3C)c3cc(Br)ccc32)c1. The van der Waals surface area contributed by atoms with Gasteiger partial charge in [-0.2, -0.15) is 0 Å². The van der Waals surface area contributed by atoms with E-state index >= 15 is 0 Å². The number of ketones is 1. The highest BCUT2D eigenvalue weighted by molar-refractivity contribution is 9.10. The zero-order valence-electron chi connectivity index (χ0n) is 18.0. The largest absolute Gasteiger partial charge is 0.469 e. The molecule has 0 saturated carbocycles. The van der Waals surface area contributed by atoms with Gasteiger partial charge in [0.15, 0.2) is 11.4 Å². The smallest absolute Gasteiger partial charge is 0.264 e. The molecule has 6 heteroatoms. The fourth-order valence-electron chi connectivity index (χ4n) is 4.30. The number of Topliss-reactive ketones (excluding diaryl/α,β-unsaturated/α-hetero) is 1. The van der Waals surface area contributed by atoms with Gasteiger partial charge < -0.3 is 14.4 Å². The lowest BCUT2D eigenvalue weighted by atomic mass is 9.87. The molecule has 0 saturated heterocycles. The first-order valence-corrected chi connectivity index (χ1v) is 10.9. The standard InChI is InChI=1S/C25H24BrNO4/c1-14-5-6-15(2)18(9-14)12-27-21-8-7-19(26)10-20(21)25(30,24(27)29)11-22(28)23-16(3)13-31-17(23)4/h5-10,13,30H,11-12H2,1-4H3/t25-/m1/s1. The highest BCUT2D eigenvalue weighted by Crippen LogP contribution is 2.45. The van der Waals surface area contributed by atoms with Crippen LogP contribution in [0.25, 0.3) is 0 Å². The van der Waals surface area contributed by atoms with Crippen LogP contribution in [-0.4, -0.2) is 16.8 Å². The maximum Gasteiger partial charge on any atom is 0.264 e. The molecule has 1 aliphatic heterocycles. The molecular weight excluding hydrogens is 458 g/mol. The average molecular weight is 482 g/mol. The third-order valence-electron chi connectivity index (χ3n) is 5.98. The molecule has 1 aromatic heterocycles. The molecule has 1 N–H and O–H groups in total. The molecular formula is C25H24BrNO4. The van der Waals surface area contributed by atoms with Crippen molar-refractivity contribution in [3.63, 3.8) is 0 Å². The molecule has 5 nitrogen and oxygen atoms in total. The first-order valence-electron chi connectivity index (χ1n) is 10.1. The summed E-state index contributed by atoms with van der Waals surface area (Å²) in [6, 6.07) is 11.5. The van der Waals surface area contributed by atoms with Crippen molar-refractivity contribution in [2.24, 2.45) is 0 Å². The summed E-state index contributed by atoms with van der Waals surface area (Å²) >= 11 is 3.43. The van der Waals surface area contributed by atoms with Crippen molar-refractivity contribution in [3.05, 3.63) is 86.3 Å². The first-order chi connectivity index (χ1) is 14.6. The summed E-state index contributed by atoms with van der Waals surface area (Å²) in [6.45, 7) is 7.81. The van der Waals surface area contributed by atoms with Crippen LogP contribution >= 0.6 is 15.9 Å². The van der Waals surface area contributed by atoms with Gasteiger partial charge in [0.05, 0.1) is 30.5 Å². The maximum absolute atomic E-state index is 13.6. The van der Waals surface area contributed by atoms with Crippen LogP contribution in [0.3, 0.4) is 0 Å². The minimum Gasteiger partial charge on any atom is -0.469 e. The lowest BCUT2D eigenvalue weighted by Gasteiger charge is -2.23. The van der Waals surface area contributed by atoms with Crippen molar-refractivity contribution in [2.45, 2.75) is 46.3 Å². The Hall–Kier alpha value is -2.70. The number of rotatable bonds is 5. The zero-order chi connectivity index (χ0) is 22.5. The Bertz CT molecular complexity index is 1190. The van der Waals surface area contributed by atoms with Crippen LogP contribution in [0.2, 0.25) is 0 Å². The van der Waals surface area contributed by atoms with Crippen molar-refractivity contribution < 1.29 is 19.1 Å². The predicted molar refractivity (Wildman–Crippen MR) is 122 cm³/mol. The third-order valence-corrected chi connectivity index (χ3v) is 6.47. The molecule has 0 bridgehead atoms. The maximum atomic E-state index is 13.6. The molecule has 3 aromatic rings. The van der Waals surface area contributed by atoms with E-state index in [1.807, 2.05) is 38.1 Å². The summed E-state index contributed by atoms with van der Waals surface area (Å²) in [5.74, 6) is -0.328. The number of hydrogen-bond donors (Lipinski definition) is 1. The van der Waals surface area contributed by atoms with Crippen LogP contribution in [0.5, 0.6) is 0 Å².